The highest BCUT2D eigenvalue weighted by Gasteiger charge is 2.31. The predicted molar refractivity (Wildman–Crippen MR) is 130 cm³/mol. The van der Waals surface area contributed by atoms with E-state index in [0.717, 1.165) is 22.4 Å². The Labute approximate surface area is 205 Å². The minimum atomic E-state index is -0.514. The minimum Gasteiger partial charge on any atom is -0.488 e. The van der Waals surface area contributed by atoms with E-state index in [4.69, 9.17) is 44.3 Å². The standard InChI is InChI=1S/C25H17Cl3N2O3/c1-2-32-25(31)23-19-13-33-22-11-15(14-4-3-5-16(26)10-14)6-8-18(22)24(19)30(29-23)21-9-7-17(27)12-20(21)28/h3-12H,2,13H2,1H3. The van der Waals surface area contributed by atoms with E-state index in [0.29, 0.717) is 32.1 Å². The molecule has 1 aliphatic rings. The van der Waals surface area contributed by atoms with Gasteiger partial charge >= 0.3 is 5.97 Å². The van der Waals surface area contributed by atoms with Crippen molar-refractivity contribution in [3.8, 4) is 33.8 Å². The zero-order chi connectivity index (χ0) is 23.1. The lowest BCUT2D eigenvalue weighted by Crippen LogP contribution is -2.12. The summed E-state index contributed by atoms with van der Waals surface area (Å²) in [6.07, 6.45) is 0. The van der Waals surface area contributed by atoms with E-state index in [9.17, 15) is 4.79 Å². The maximum absolute atomic E-state index is 12.7. The highest BCUT2D eigenvalue weighted by Crippen LogP contribution is 2.43. The number of fused-ring (bicyclic) bond motifs is 3. The molecule has 0 saturated carbocycles. The Morgan fingerprint density at radius 2 is 1.82 bits per heavy atom. The van der Waals surface area contributed by atoms with Crippen LogP contribution in [0.15, 0.2) is 60.7 Å². The molecular weight excluding hydrogens is 483 g/mol. The van der Waals surface area contributed by atoms with E-state index < -0.39 is 5.97 Å². The molecule has 166 valence electrons. The smallest absolute Gasteiger partial charge is 0.359 e. The summed E-state index contributed by atoms with van der Waals surface area (Å²) in [5.41, 5.74) is 4.88. The number of ether oxygens (including phenoxy) is 2. The number of halogens is 3. The highest BCUT2D eigenvalue weighted by atomic mass is 35.5. The van der Waals surface area contributed by atoms with Crippen LogP contribution in [0.2, 0.25) is 15.1 Å². The number of carbonyl (C=O) groups excluding carboxylic acids is 1. The third-order valence-electron chi connectivity index (χ3n) is 5.36. The molecule has 0 unspecified atom stereocenters. The Morgan fingerprint density at radius 3 is 2.58 bits per heavy atom. The zero-order valence-corrected chi connectivity index (χ0v) is 19.7. The molecule has 0 atom stereocenters. The van der Waals surface area contributed by atoms with Crippen LogP contribution < -0.4 is 4.74 Å². The number of nitrogens with zero attached hydrogens (tertiary/aromatic N) is 2. The van der Waals surface area contributed by atoms with Gasteiger partial charge in [0.15, 0.2) is 5.69 Å². The number of rotatable bonds is 4. The summed E-state index contributed by atoms with van der Waals surface area (Å²) < 4.78 is 12.9. The molecule has 0 aliphatic carbocycles. The number of benzene rings is 3. The van der Waals surface area contributed by atoms with Crippen molar-refractivity contribution in [2.45, 2.75) is 13.5 Å². The normalized spacial score (nSPS) is 12.0. The monoisotopic (exact) mass is 498 g/mol. The minimum absolute atomic E-state index is 0.167. The van der Waals surface area contributed by atoms with E-state index in [-0.39, 0.29) is 18.9 Å². The van der Waals surface area contributed by atoms with Gasteiger partial charge in [-0.2, -0.15) is 5.10 Å². The molecule has 2 heterocycles. The van der Waals surface area contributed by atoms with Gasteiger partial charge in [0.25, 0.3) is 0 Å². The van der Waals surface area contributed by atoms with Gasteiger partial charge in [-0.1, -0.05) is 53.0 Å². The summed E-state index contributed by atoms with van der Waals surface area (Å²) in [6, 6.07) is 18.6. The van der Waals surface area contributed by atoms with Gasteiger partial charge in [0.2, 0.25) is 0 Å². The maximum Gasteiger partial charge on any atom is 0.359 e. The molecule has 0 radical (unpaired) electrons. The summed E-state index contributed by atoms with van der Waals surface area (Å²) in [4.78, 5) is 12.7. The van der Waals surface area contributed by atoms with E-state index in [1.165, 1.54) is 0 Å². The maximum atomic E-state index is 12.7. The Kier molecular flexibility index (Phi) is 5.79. The molecule has 4 aromatic rings. The first-order valence-corrected chi connectivity index (χ1v) is 11.4. The molecule has 1 aromatic heterocycles. The van der Waals surface area contributed by atoms with Crippen LogP contribution >= 0.6 is 34.8 Å². The van der Waals surface area contributed by atoms with Gasteiger partial charge in [-0.05, 0) is 60.5 Å². The molecule has 0 amide bonds. The van der Waals surface area contributed by atoms with Crippen molar-refractivity contribution in [3.63, 3.8) is 0 Å². The molecule has 5 rings (SSSR count). The second-order valence-corrected chi connectivity index (χ2v) is 8.69. The van der Waals surface area contributed by atoms with Crippen molar-refractivity contribution >= 4 is 40.8 Å². The molecule has 0 fully saturated rings. The summed E-state index contributed by atoms with van der Waals surface area (Å²) in [5, 5.41) is 6.15. The second kappa shape index (κ2) is 8.75. The average molecular weight is 500 g/mol. The molecule has 0 saturated heterocycles. The molecule has 5 nitrogen and oxygen atoms in total. The average Bonchev–Trinajstić information content (AvgIpc) is 3.19. The van der Waals surface area contributed by atoms with Gasteiger partial charge in [0.05, 0.1) is 28.6 Å². The van der Waals surface area contributed by atoms with E-state index in [1.807, 2.05) is 42.5 Å². The summed E-state index contributed by atoms with van der Waals surface area (Å²) in [6.45, 7) is 2.16. The van der Waals surface area contributed by atoms with E-state index >= 15 is 0 Å². The first kappa shape index (κ1) is 21.8. The fourth-order valence-corrected chi connectivity index (χ4v) is 4.57. The lowest BCUT2D eigenvalue weighted by molar-refractivity contribution is 0.0516. The molecule has 3 aromatic carbocycles. The summed E-state index contributed by atoms with van der Waals surface area (Å²) in [7, 11) is 0. The fourth-order valence-electron chi connectivity index (χ4n) is 3.89. The van der Waals surface area contributed by atoms with Gasteiger partial charge < -0.3 is 9.47 Å². The van der Waals surface area contributed by atoms with Crippen molar-refractivity contribution < 1.29 is 14.3 Å². The Balaban J connectivity index is 1.70. The third-order valence-corrected chi connectivity index (χ3v) is 6.13. The van der Waals surface area contributed by atoms with Crippen molar-refractivity contribution in [2.24, 2.45) is 0 Å². The molecule has 0 N–H and O–H groups in total. The summed E-state index contributed by atoms with van der Waals surface area (Å²) in [5.74, 6) is 0.154. The van der Waals surface area contributed by atoms with Crippen LogP contribution in [0.5, 0.6) is 5.75 Å². The molecule has 33 heavy (non-hydrogen) atoms. The quantitative estimate of drug-likeness (QED) is 0.278. The van der Waals surface area contributed by atoms with Crippen LogP contribution in [-0.2, 0) is 11.3 Å². The fraction of sp³-hybridized carbons (Fsp3) is 0.120. The number of aromatic nitrogens is 2. The molecule has 0 bridgehead atoms. The zero-order valence-electron chi connectivity index (χ0n) is 17.4. The van der Waals surface area contributed by atoms with E-state index in [2.05, 4.69) is 5.10 Å². The lowest BCUT2D eigenvalue weighted by Gasteiger charge is -2.21. The number of hydrogen-bond donors (Lipinski definition) is 0. The molecule has 1 aliphatic heterocycles. The van der Waals surface area contributed by atoms with Crippen molar-refractivity contribution in [1.29, 1.82) is 0 Å². The van der Waals surface area contributed by atoms with Gasteiger partial charge in [0, 0.05) is 15.6 Å². The van der Waals surface area contributed by atoms with Crippen LogP contribution in [0.3, 0.4) is 0 Å². The summed E-state index contributed by atoms with van der Waals surface area (Å²) >= 11 is 18.8. The largest absolute Gasteiger partial charge is 0.488 e. The number of carbonyl (C=O) groups is 1. The van der Waals surface area contributed by atoms with Crippen LogP contribution in [0, 0.1) is 0 Å². The van der Waals surface area contributed by atoms with Gasteiger partial charge in [0.1, 0.15) is 12.4 Å². The van der Waals surface area contributed by atoms with Gasteiger partial charge in [-0.25, -0.2) is 9.48 Å². The topological polar surface area (TPSA) is 53.3 Å². The first-order chi connectivity index (χ1) is 16.0. The Morgan fingerprint density at radius 1 is 1.03 bits per heavy atom. The Bertz CT molecular complexity index is 1400. The molecular formula is C25H17Cl3N2O3. The lowest BCUT2D eigenvalue weighted by atomic mass is 9.98. The Hall–Kier alpha value is -2.99. The third kappa shape index (κ3) is 3.97. The van der Waals surface area contributed by atoms with Crippen LogP contribution in [0.4, 0.5) is 0 Å². The van der Waals surface area contributed by atoms with Crippen molar-refractivity contribution in [1.82, 2.24) is 9.78 Å². The highest BCUT2D eigenvalue weighted by molar-refractivity contribution is 6.35. The molecule has 0 spiro atoms. The van der Waals surface area contributed by atoms with Crippen molar-refractivity contribution in [3.05, 3.63) is 87.0 Å². The van der Waals surface area contributed by atoms with Gasteiger partial charge in [-0.15, -0.1) is 0 Å². The van der Waals surface area contributed by atoms with Crippen LogP contribution in [0.1, 0.15) is 23.0 Å². The number of esters is 1. The van der Waals surface area contributed by atoms with Crippen LogP contribution in [-0.4, -0.2) is 22.4 Å². The van der Waals surface area contributed by atoms with Gasteiger partial charge in [-0.3, -0.25) is 0 Å². The first-order valence-electron chi connectivity index (χ1n) is 10.2. The van der Waals surface area contributed by atoms with Crippen molar-refractivity contribution in [2.75, 3.05) is 6.61 Å². The SMILES string of the molecule is CCOC(=O)c1nn(-c2ccc(Cl)cc2Cl)c2c1COc1cc(-c3cccc(Cl)c3)ccc1-2. The van der Waals surface area contributed by atoms with E-state index in [1.54, 1.807) is 29.8 Å². The second-order valence-electron chi connectivity index (χ2n) is 7.41. The molecule has 8 heteroatoms. The number of hydrogen-bond acceptors (Lipinski definition) is 4. The predicted octanol–water partition coefficient (Wildman–Crippen LogP) is 7.24. The van der Waals surface area contributed by atoms with Crippen LogP contribution in [0.25, 0.3) is 28.1 Å².